The molecule has 1 atom stereocenters. The van der Waals surface area contributed by atoms with Gasteiger partial charge in [-0.15, -0.1) is 0 Å². The van der Waals surface area contributed by atoms with Crippen molar-refractivity contribution in [2.24, 2.45) is 0 Å². The lowest BCUT2D eigenvalue weighted by Gasteiger charge is -2.33. The summed E-state index contributed by atoms with van der Waals surface area (Å²) in [5.74, 6) is 0.437. The lowest BCUT2D eigenvalue weighted by atomic mass is 9.97. The number of allylic oxidation sites excluding steroid dienone is 8. The molecule has 316 valence electrons. The maximum absolute atomic E-state index is 13.9. The third-order valence-corrected chi connectivity index (χ3v) is 11.0. The summed E-state index contributed by atoms with van der Waals surface area (Å²) in [7, 11) is 4.32. The van der Waals surface area contributed by atoms with Crippen LogP contribution in [0.3, 0.4) is 0 Å². The molecule has 0 radical (unpaired) electrons. The Morgan fingerprint density at radius 1 is 0.407 bits per heavy atom. The number of hydrogen-bond acceptors (Lipinski definition) is 2. The molecule has 0 aliphatic rings. The summed E-state index contributed by atoms with van der Waals surface area (Å²) in [5.41, 5.74) is 0. The van der Waals surface area contributed by atoms with Crippen molar-refractivity contribution in [2.45, 2.75) is 245 Å². The van der Waals surface area contributed by atoms with E-state index in [1.54, 1.807) is 0 Å². The van der Waals surface area contributed by atoms with Crippen LogP contribution in [0.5, 0.6) is 0 Å². The Bertz CT molecular complexity index is 871. The van der Waals surface area contributed by atoms with Crippen LogP contribution in [0, 0.1) is 0 Å². The predicted octanol–water partition coefficient (Wildman–Crippen LogP) is 16.3. The largest absolute Gasteiger partial charge is 0.340 e. The molecule has 1 amide bonds. The molecule has 0 aromatic heterocycles. The van der Waals surface area contributed by atoms with Crippen molar-refractivity contribution < 1.29 is 4.79 Å². The first-order valence-corrected chi connectivity index (χ1v) is 24.1. The van der Waals surface area contributed by atoms with Crippen molar-refractivity contribution in [3.8, 4) is 0 Å². The first-order chi connectivity index (χ1) is 26.6. The Balaban J connectivity index is 4.71. The molecular weight excluding hydrogens is 657 g/mol. The van der Waals surface area contributed by atoms with Gasteiger partial charge in [-0.1, -0.05) is 191 Å². The molecule has 0 fully saturated rings. The summed E-state index contributed by atoms with van der Waals surface area (Å²) in [6.45, 7) is 8.83. The summed E-state index contributed by atoms with van der Waals surface area (Å²) in [6.07, 6.45) is 61.5. The van der Waals surface area contributed by atoms with Gasteiger partial charge in [-0.05, 0) is 111 Å². The molecule has 0 bridgehead atoms. The van der Waals surface area contributed by atoms with Crippen LogP contribution in [0.2, 0.25) is 0 Å². The fourth-order valence-electron chi connectivity index (χ4n) is 7.46. The van der Waals surface area contributed by atoms with E-state index in [1.165, 1.54) is 186 Å². The zero-order valence-corrected chi connectivity index (χ0v) is 37.5. The second-order valence-corrected chi connectivity index (χ2v) is 16.7. The molecule has 1 unspecified atom stereocenters. The Hall–Kier alpha value is -1.61. The topological polar surface area (TPSA) is 23.6 Å². The number of hydrogen-bond donors (Lipinski definition) is 0. The molecule has 0 saturated carbocycles. The van der Waals surface area contributed by atoms with E-state index >= 15 is 0 Å². The van der Waals surface area contributed by atoms with E-state index in [1.807, 2.05) is 0 Å². The fraction of sp³-hybridized carbons (Fsp3) is 0.824. The number of carbonyl (C=O) groups excluding carboxylic acids is 1. The van der Waals surface area contributed by atoms with E-state index in [4.69, 9.17) is 0 Å². The van der Waals surface area contributed by atoms with Gasteiger partial charge < -0.3 is 9.80 Å². The van der Waals surface area contributed by atoms with E-state index < -0.39 is 0 Å². The third kappa shape index (κ3) is 38.7. The van der Waals surface area contributed by atoms with Crippen molar-refractivity contribution in [3.63, 3.8) is 0 Å². The van der Waals surface area contributed by atoms with Crippen LogP contribution in [0.4, 0.5) is 0 Å². The monoisotopic (exact) mass is 753 g/mol. The molecule has 0 heterocycles. The molecule has 3 heteroatoms. The number of rotatable bonds is 42. The van der Waals surface area contributed by atoms with Gasteiger partial charge in [-0.3, -0.25) is 4.79 Å². The van der Waals surface area contributed by atoms with Gasteiger partial charge in [0.1, 0.15) is 0 Å². The van der Waals surface area contributed by atoms with Crippen LogP contribution in [-0.2, 0) is 4.79 Å². The average molecular weight is 753 g/mol. The number of amides is 1. The minimum atomic E-state index is 0.430. The summed E-state index contributed by atoms with van der Waals surface area (Å²) in [4.78, 5) is 18.5. The van der Waals surface area contributed by atoms with E-state index in [2.05, 4.69) is 93.3 Å². The highest BCUT2D eigenvalue weighted by Crippen LogP contribution is 2.22. The highest BCUT2D eigenvalue weighted by atomic mass is 16.2. The van der Waals surface area contributed by atoms with Crippen molar-refractivity contribution in [1.29, 1.82) is 0 Å². The van der Waals surface area contributed by atoms with E-state index in [-0.39, 0.29) is 0 Å². The molecule has 0 spiro atoms. The zero-order valence-electron chi connectivity index (χ0n) is 37.5. The average Bonchev–Trinajstić information content (AvgIpc) is 3.16. The second kappa shape index (κ2) is 44.1. The number of carbonyl (C=O) groups is 1. The molecule has 0 N–H and O–H groups in total. The highest BCUT2D eigenvalue weighted by Gasteiger charge is 2.22. The molecule has 0 aliphatic carbocycles. The fourth-order valence-corrected chi connectivity index (χ4v) is 7.46. The van der Waals surface area contributed by atoms with Crippen molar-refractivity contribution in [3.05, 3.63) is 48.6 Å². The Morgan fingerprint density at radius 2 is 0.759 bits per heavy atom. The summed E-state index contributed by atoms with van der Waals surface area (Å²) >= 11 is 0. The van der Waals surface area contributed by atoms with E-state index in [0.717, 1.165) is 45.2 Å². The minimum Gasteiger partial charge on any atom is -0.340 e. The highest BCUT2D eigenvalue weighted by molar-refractivity contribution is 5.76. The maximum Gasteiger partial charge on any atom is 0.222 e. The quantitative estimate of drug-likeness (QED) is 0.0458. The number of nitrogens with zero attached hydrogens (tertiary/aromatic N) is 2. The van der Waals surface area contributed by atoms with Crippen LogP contribution in [-0.4, -0.2) is 48.9 Å². The summed E-state index contributed by atoms with van der Waals surface area (Å²) < 4.78 is 0. The first-order valence-electron chi connectivity index (χ1n) is 24.1. The number of unbranched alkanes of at least 4 members (excludes halogenated alkanes) is 23. The van der Waals surface area contributed by atoms with Gasteiger partial charge in [0.25, 0.3) is 0 Å². The van der Waals surface area contributed by atoms with Crippen molar-refractivity contribution in [1.82, 2.24) is 9.80 Å². The van der Waals surface area contributed by atoms with E-state index in [0.29, 0.717) is 11.9 Å². The van der Waals surface area contributed by atoms with Crippen molar-refractivity contribution in [2.75, 3.05) is 27.2 Å². The van der Waals surface area contributed by atoms with Gasteiger partial charge >= 0.3 is 0 Å². The van der Waals surface area contributed by atoms with E-state index in [9.17, 15) is 4.79 Å². The summed E-state index contributed by atoms with van der Waals surface area (Å²) in [5, 5.41) is 0. The Labute approximate surface area is 340 Å². The molecular formula is C51H96N2O. The second-order valence-electron chi connectivity index (χ2n) is 16.7. The molecule has 0 rings (SSSR count). The Kier molecular flexibility index (Phi) is 42.8. The molecule has 3 nitrogen and oxygen atoms in total. The van der Waals surface area contributed by atoms with Gasteiger partial charge in [-0.25, -0.2) is 0 Å². The third-order valence-electron chi connectivity index (χ3n) is 11.0. The Morgan fingerprint density at radius 3 is 1.19 bits per heavy atom. The molecule has 0 aromatic carbocycles. The molecule has 0 aromatic rings. The van der Waals surface area contributed by atoms with Crippen LogP contribution in [0.15, 0.2) is 48.6 Å². The first kappa shape index (κ1) is 52.4. The predicted molar refractivity (Wildman–Crippen MR) is 245 cm³/mol. The minimum absolute atomic E-state index is 0.430. The van der Waals surface area contributed by atoms with Crippen LogP contribution < -0.4 is 0 Å². The van der Waals surface area contributed by atoms with Crippen LogP contribution >= 0.6 is 0 Å². The standard InChI is InChI=1S/C51H96N2O/c1-6-9-12-15-18-20-22-24-26-28-29-31-33-36-39-42-46-50(45-41-38-35-17-14-11-8-3)53(49-44-48-52(4)5)51(54)47-43-40-37-34-32-30-27-25-23-21-19-16-13-10-7-2/h18-21,24-27,50H,6-17,22-23,28-49H2,1-5H3/b20-18-,21-19-,26-24-,27-25-. The lowest BCUT2D eigenvalue weighted by molar-refractivity contribution is -0.134. The summed E-state index contributed by atoms with van der Waals surface area (Å²) in [6, 6.07) is 0.430. The normalized spacial score (nSPS) is 12.9. The zero-order chi connectivity index (χ0) is 39.4. The van der Waals surface area contributed by atoms with Gasteiger partial charge in [0.15, 0.2) is 0 Å². The molecule has 54 heavy (non-hydrogen) atoms. The van der Waals surface area contributed by atoms with Gasteiger partial charge in [0.05, 0.1) is 0 Å². The van der Waals surface area contributed by atoms with Crippen LogP contribution in [0.1, 0.15) is 239 Å². The van der Waals surface area contributed by atoms with Crippen molar-refractivity contribution >= 4 is 5.91 Å². The smallest absolute Gasteiger partial charge is 0.222 e. The lowest BCUT2D eigenvalue weighted by Crippen LogP contribution is -2.41. The molecule has 0 aliphatic heterocycles. The molecule has 0 saturated heterocycles. The van der Waals surface area contributed by atoms with Crippen LogP contribution in [0.25, 0.3) is 0 Å². The van der Waals surface area contributed by atoms with Gasteiger partial charge in [-0.2, -0.15) is 0 Å². The van der Waals surface area contributed by atoms with Gasteiger partial charge in [0.2, 0.25) is 5.91 Å². The van der Waals surface area contributed by atoms with Gasteiger partial charge in [0, 0.05) is 19.0 Å². The SMILES string of the molecule is CCCCC/C=C\C/C=C\CCCCCCCCC(CCCCCCCCC)N(CCCN(C)C)C(=O)CCCCCCC/C=C\C/C=C\CCCCC. The maximum atomic E-state index is 13.9.